The van der Waals surface area contributed by atoms with Gasteiger partial charge in [0.15, 0.2) is 5.78 Å². The van der Waals surface area contributed by atoms with Gasteiger partial charge in [-0.3, -0.25) is 4.79 Å². The summed E-state index contributed by atoms with van der Waals surface area (Å²) in [6, 6.07) is 5.94. The maximum atomic E-state index is 12.8. The molecule has 21 heavy (non-hydrogen) atoms. The first-order valence-electron chi connectivity index (χ1n) is 8.20. The van der Waals surface area contributed by atoms with Crippen LogP contribution in [-0.4, -0.2) is 24.6 Å². The molecule has 1 saturated heterocycles. The zero-order chi connectivity index (χ0) is 14.3. The number of rotatable bonds is 2. The topological polar surface area (TPSA) is 35.5 Å². The van der Waals surface area contributed by atoms with Gasteiger partial charge in [-0.2, -0.15) is 0 Å². The van der Waals surface area contributed by atoms with Crippen molar-refractivity contribution in [3.8, 4) is 5.75 Å². The zero-order valence-electron chi connectivity index (χ0n) is 12.4. The summed E-state index contributed by atoms with van der Waals surface area (Å²) in [4.78, 5) is 12.8. The SMILES string of the molecule is O=C(c1ccc2c(c1)CCO2)C1CCOC2(CCCC2)C1. The van der Waals surface area contributed by atoms with Crippen molar-refractivity contribution >= 4 is 5.78 Å². The van der Waals surface area contributed by atoms with Crippen molar-refractivity contribution in [1.82, 2.24) is 0 Å². The quantitative estimate of drug-likeness (QED) is 0.780. The highest BCUT2D eigenvalue weighted by Gasteiger charge is 2.42. The molecule has 1 aromatic rings. The summed E-state index contributed by atoms with van der Waals surface area (Å²) in [7, 11) is 0. The molecule has 4 rings (SSSR count). The molecular weight excluding hydrogens is 264 g/mol. The monoisotopic (exact) mass is 286 g/mol. The second-order valence-electron chi connectivity index (χ2n) is 6.71. The van der Waals surface area contributed by atoms with E-state index < -0.39 is 0 Å². The molecule has 2 fully saturated rings. The third-order valence-corrected chi connectivity index (χ3v) is 5.35. The number of ketones is 1. The van der Waals surface area contributed by atoms with E-state index in [4.69, 9.17) is 9.47 Å². The van der Waals surface area contributed by atoms with Gasteiger partial charge in [0.05, 0.1) is 12.2 Å². The van der Waals surface area contributed by atoms with Crippen molar-refractivity contribution < 1.29 is 14.3 Å². The van der Waals surface area contributed by atoms with E-state index in [-0.39, 0.29) is 11.5 Å². The van der Waals surface area contributed by atoms with Gasteiger partial charge in [0, 0.05) is 24.5 Å². The summed E-state index contributed by atoms with van der Waals surface area (Å²) >= 11 is 0. The summed E-state index contributed by atoms with van der Waals surface area (Å²) in [5, 5.41) is 0. The van der Waals surface area contributed by atoms with Crippen LogP contribution >= 0.6 is 0 Å². The van der Waals surface area contributed by atoms with Gasteiger partial charge in [0.2, 0.25) is 0 Å². The Morgan fingerprint density at radius 3 is 2.90 bits per heavy atom. The fraction of sp³-hybridized carbons (Fsp3) is 0.611. The first-order chi connectivity index (χ1) is 10.3. The minimum atomic E-state index is 0.0123. The molecule has 3 heteroatoms. The zero-order valence-corrected chi connectivity index (χ0v) is 12.4. The smallest absolute Gasteiger partial charge is 0.166 e. The Morgan fingerprint density at radius 1 is 1.19 bits per heavy atom. The van der Waals surface area contributed by atoms with E-state index in [0.29, 0.717) is 5.78 Å². The van der Waals surface area contributed by atoms with Gasteiger partial charge in [-0.15, -0.1) is 0 Å². The molecule has 1 unspecified atom stereocenters. The van der Waals surface area contributed by atoms with Crippen molar-refractivity contribution in [2.75, 3.05) is 13.2 Å². The molecule has 112 valence electrons. The molecule has 0 N–H and O–H groups in total. The summed E-state index contributed by atoms with van der Waals surface area (Å²) in [5.41, 5.74) is 2.06. The Hall–Kier alpha value is -1.35. The fourth-order valence-electron chi connectivity index (χ4n) is 4.19. The van der Waals surface area contributed by atoms with E-state index in [1.807, 2.05) is 18.2 Å². The number of hydrogen-bond donors (Lipinski definition) is 0. The number of hydrogen-bond acceptors (Lipinski definition) is 3. The van der Waals surface area contributed by atoms with Crippen molar-refractivity contribution in [1.29, 1.82) is 0 Å². The first kappa shape index (κ1) is 13.3. The van der Waals surface area contributed by atoms with Crippen molar-refractivity contribution in [3.05, 3.63) is 29.3 Å². The van der Waals surface area contributed by atoms with Crippen LogP contribution in [0.1, 0.15) is 54.4 Å². The molecule has 1 spiro atoms. The molecule has 1 atom stereocenters. The van der Waals surface area contributed by atoms with E-state index in [9.17, 15) is 4.79 Å². The maximum Gasteiger partial charge on any atom is 0.166 e. The van der Waals surface area contributed by atoms with Crippen LogP contribution in [0.15, 0.2) is 18.2 Å². The minimum Gasteiger partial charge on any atom is -0.493 e. The van der Waals surface area contributed by atoms with E-state index in [2.05, 4.69) is 0 Å². The third kappa shape index (κ3) is 2.38. The van der Waals surface area contributed by atoms with Gasteiger partial charge in [-0.25, -0.2) is 0 Å². The lowest BCUT2D eigenvalue weighted by molar-refractivity contribution is -0.0866. The molecule has 0 amide bonds. The number of ether oxygens (including phenoxy) is 2. The van der Waals surface area contributed by atoms with E-state index in [1.165, 1.54) is 18.4 Å². The number of Topliss-reactive ketones (excluding diaryl/α,β-unsaturated/α-hetero) is 1. The van der Waals surface area contributed by atoms with Crippen LogP contribution in [-0.2, 0) is 11.2 Å². The Balaban J connectivity index is 1.54. The van der Waals surface area contributed by atoms with E-state index in [0.717, 1.165) is 56.6 Å². The lowest BCUT2D eigenvalue weighted by atomic mass is 9.80. The second-order valence-corrected chi connectivity index (χ2v) is 6.71. The summed E-state index contributed by atoms with van der Waals surface area (Å²) in [6.45, 7) is 1.48. The molecule has 1 saturated carbocycles. The highest BCUT2D eigenvalue weighted by molar-refractivity contribution is 5.98. The summed E-state index contributed by atoms with van der Waals surface area (Å²) in [5.74, 6) is 1.39. The van der Waals surface area contributed by atoms with Gasteiger partial charge in [-0.05, 0) is 49.4 Å². The lowest BCUT2D eigenvalue weighted by Gasteiger charge is -2.37. The molecule has 3 aliphatic rings. The Kier molecular flexibility index (Phi) is 3.26. The fourth-order valence-corrected chi connectivity index (χ4v) is 4.19. The van der Waals surface area contributed by atoms with Gasteiger partial charge < -0.3 is 9.47 Å². The van der Waals surface area contributed by atoms with Crippen molar-refractivity contribution in [2.45, 2.75) is 50.5 Å². The Bertz CT molecular complexity index is 558. The van der Waals surface area contributed by atoms with Gasteiger partial charge in [-0.1, -0.05) is 12.8 Å². The number of benzene rings is 1. The average molecular weight is 286 g/mol. The number of fused-ring (bicyclic) bond motifs is 1. The predicted molar refractivity (Wildman–Crippen MR) is 79.8 cm³/mol. The first-order valence-corrected chi connectivity index (χ1v) is 8.20. The van der Waals surface area contributed by atoms with Crippen LogP contribution in [0.2, 0.25) is 0 Å². The lowest BCUT2D eigenvalue weighted by Crippen LogP contribution is -2.39. The molecule has 3 nitrogen and oxygen atoms in total. The third-order valence-electron chi connectivity index (χ3n) is 5.35. The predicted octanol–water partition coefficient (Wildman–Crippen LogP) is 3.54. The molecule has 0 aromatic heterocycles. The standard InChI is InChI=1S/C18H22O3/c19-17(14-3-4-16-13(11-14)5-9-20-16)15-6-10-21-18(12-15)7-1-2-8-18/h3-4,11,15H,1-2,5-10,12H2. The Labute approximate surface area is 125 Å². The molecule has 0 bridgehead atoms. The largest absolute Gasteiger partial charge is 0.493 e. The maximum absolute atomic E-state index is 12.8. The molecule has 2 heterocycles. The molecule has 0 radical (unpaired) electrons. The van der Waals surface area contributed by atoms with Crippen LogP contribution in [0.5, 0.6) is 5.75 Å². The van der Waals surface area contributed by atoms with E-state index in [1.54, 1.807) is 0 Å². The molecular formula is C18H22O3. The van der Waals surface area contributed by atoms with Gasteiger partial charge in [0.25, 0.3) is 0 Å². The summed E-state index contributed by atoms with van der Waals surface area (Å²) < 4.78 is 11.6. The van der Waals surface area contributed by atoms with Crippen LogP contribution in [0, 0.1) is 5.92 Å². The van der Waals surface area contributed by atoms with Crippen molar-refractivity contribution in [2.24, 2.45) is 5.92 Å². The minimum absolute atomic E-state index is 0.0123. The van der Waals surface area contributed by atoms with Gasteiger partial charge >= 0.3 is 0 Å². The van der Waals surface area contributed by atoms with Crippen LogP contribution < -0.4 is 4.74 Å². The van der Waals surface area contributed by atoms with Crippen molar-refractivity contribution in [3.63, 3.8) is 0 Å². The highest BCUT2D eigenvalue weighted by atomic mass is 16.5. The molecule has 1 aromatic carbocycles. The average Bonchev–Trinajstić information content (AvgIpc) is 3.15. The van der Waals surface area contributed by atoms with Crippen LogP contribution in [0.3, 0.4) is 0 Å². The molecule has 1 aliphatic carbocycles. The number of carbonyl (C=O) groups excluding carboxylic acids is 1. The molecule has 2 aliphatic heterocycles. The number of carbonyl (C=O) groups is 1. The second kappa shape index (κ2) is 5.13. The normalized spacial score (nSPS) is 26.6. The van der Waals surface area contributed by atoms with Gasteiger partial charge in [0.1, 0.15) is 5.75 Å². The van der Waals surface area contributed by atoms with E-state index >= 15 is 0 Å². The summed E-state index contributed by atoms with van der Waals surface area (Å²) in [6.07, 6.45) is 7.47. The highest BCUT2D eigenvalue weighted by Crippen LogP contribution is 2.43. The Morgan fingerprint density at radius 2 is 2.05 bits per heavy atom. The van der Waals surface area contributed by atoms with Crippen LogP contribution in [0.4, 0.5) is 0 Å². The van der Waals surface area contributed by atoms with Crippen LogP contribution in [0.25, 0.3) is 0 Å².